The van der Waals surface area contributed by atoms with Crippen LogP contribution in [-0.4, -0.2) is 90.0 Å². The molecule has 0 amide bonds. The number of ether oxygens (including phenoxy) is 1. The van der Waals surface area contributed by atoms with Gasteiger partial charge in [-0.1, -0.05) is 35.9 Å². The monoisotopic (exact) mass is 584 g/mol. The van der Waals surface area contributed by atoms with Crippen LogP contribution in [0.15, 0.2) is 36.4 Å². The van der Waals surface area contributed by atoms with Gasteiger partial charge in [-0.3, -0.25) is 0 Å². The van der Waals surface area contributed by atoms with Crippen LogP contribution in [0.25, 0.3) is 10.8 Å². The first-order valence-corrected chi connectivity index (χ1v) is 14.8. The number of aromatic nitrogens is 2. The zero-order chi connectivity index (χ0) is 28.3. The van der Waals surface area contributed by atoms with E-state index in [2.05, 4.69) is 40.4 Å². The van der Waals surface area contributed by atoms with Gasteiger partial charge in [0.25, 0.3) is 6.43 Å². The number of nitrogens with one attached hydrogen (secondary N) is 1. The lowest BCUT2D eigenvalue weighted by atomic mass is 9.95. The molecule has 0 radical (unpaired) electrons. The molecule has 218 valence electrons. The molecule has 0 saturated carbocycles. The molecule has 4 atom stereocenters. The Hall–Kier alpha value is -2.79. The molecule has 1 aromatic heterocycles. The minimum Gasteiger partial charge on any atom is -0.462 e. The van der Waals surface area contributed by atoms with Crippen molar-refractivity contribution in [2.45, 2.75) is 62.4 Å². The topological polar surface area (TPSA) is 77.0 Å². The minimum absolute atomic E-state index is 0.0199. The zero-order valence-electron chi connectivity index (χ0n) is 23.1. The maximum atomic E-state index is 13.9. The second-order valence-electron chi connectivity index (χ2n) is 11.9. The summed E-state index contributed by atoms with van der Waals surface area (Å²) in [6.45, 7) is 3.56. The molecule has 2 N–H and O–H groups in total. The van der Waals surface area contributed by atoms with E-state index in [0.717, 1.165) is 59.5 Å². The number of aliphatic hydroxyl groups is 1. The van der Waals surface area contributed by atoms with Crippen LogP contribution < -0.4 is 19.9 Å². The number of piperazine rings is 1. The number of nitrogens with zero attached hydrogens (tertiary/aromatic N) is 5. The summed E-state index contributed by atoms with van der Waals surface area (Å²) in [5.74, 6) is 0.732. The summed E-state index contributed by atoms with van der Waals surface area (Å²) in [7, 11) is 2.11. The van der Waals surface area contributed by atoms with E-state index >= 15 is 0 Å². The summed E-state index contributed by atoms with van der Waals surface area (Å²) in [5.41, 5.74) is 0.898. The Morgan fingerprint density at radius 3 is 2.76 bits per heavy atom. The third-order valence-electron chi connectivity index (χ3n) is 9.41. The van der Waals surface area contributed by atoms with Crippen molar-refractivity contribution in [3.8, 4) is 6.01 Å². The number of benzene rings is 2. The fourth-order valence-corrected chi connectivity index (χ4v) is 7.43. The Labute approximate surface area is 243 Å². The molecule has 4 aliphatic heterocycles. The van der Waals surface area contributed by atoms with Crippen molar-refractivity contribution in [2.75, 3.05) is 49.6 Å². The maximum absolute atomic E-state index is 13.9. The number of hydrogen-bond acceptors (Lipinski definition) is 8. The first-order chi connectivity index (χ1) is 19.8. The van der Waals surface area contributed by atoms with Gasteiger partial charge in [0.15, 0.2) is 0 Å². The molecule has 11 heteroatoms. The summed E-state index contributed by atoms with van der Waals surface area (Å²) in [6, 6.07) is 11.8. The third-order valence-corrected chi connectivity index (χ3v) is 9.72. The van der Waals surface area contributed by atoms with Gasteiger partial charge in [0.1, 0.15) is 18.0 Å². The molecule has 2 unspecified atom stereocenters. The van der Waals surface area contributed by atoms with Gasteiger partial charge < -0.3 is 29.9 Å². The summed E-state index contributed by atoms with van der Waals surface area (Å²) in [4.78, 5) is 16.4. The van der Waals surface area contributed by atoms with Crippen LogP contribution >= 0.6 is 11.6 Å². The van der Waals surface area contributed by atoms with E-state index in [-0.39, 0.29) is 19.0 Å². The number of likely N-dealkylation sites (N-methyl/N-ethyl adjacent to an activating group) is 1. The Morgan fingerprint density at radius 1 is 1.15 bits per heavy atom. The second-order valence-corrected chi connectivity index (χ2v) is 12.4. The van der Waals surface area contributed by atoms with Crippen molar-refractivity contribution in [1.82, 2.24) is 20.2 Å². The molecule has 3 aromatic rings. The molecule has 0 aliphatic carbocycles. The molecule has 41 heavy (non-hydrogen) atoms. The van der Waals surface area contributed by atoms with Gasteiger partial charge in [-0.25, -0.2) is 8.78 Å². The lowest BCUT2D eigenvalue weighted by molar-refractivity contribution is -0.0999. The van der Waals surface area contributed by atoms with Crippen molar-refractivity contribution >= 4 is 33.9 Å². The number of fused-ring (bicyclic) bond motifs is 4. The highest BCUT2D eigenvalue weighted by Crippen LogP contribution is 2.40. The van der Waals surface area contributed by atoms with Gasteiger partial charge in [0.05, 0.1) is 23.3 Å². The van der Waals surface area contributed by atoms with Crippen molar-refractivity contribution in [3.05, 3.63) is 52.7 Å². The van der Waals surface area contributed by atoms with Gasteiger partial charge in [-0.15, -0.1) is 0 Å². The van der Waals surface area contributed by atoms with Gasteiger partial charge >= 0.3 is 6.01 Å². The van der Waals surface area contributed by atoms with E-state index in [1.54, 1.807) is 0 Å². The lowest BCUT2D eigenvalue weighted by Gasteiger charge is -2.39. The molecular formula is C30H35ClF2N6O2. The van der Waals surface area contributed by atoms with Crippen LogP contribution in [0.2, 0.25) is 5.02 Å². The summed E-state index contributed by atoms with van der Waals surface area (Å²) in [5, 5.41) is 16.8. The largest absolute Gasteiger partial charge is 0.462 e. The Bertz CT molecular complexity index is 1460. The molecule has 8 nitrogen and oxygen atoms in total. The number of alkyl halides is 2. The highest BCUT2D eigenvalue weighted by molar-refractivity contribution is 6.36. The number of hydrogen-bond donors (Lipinski definition) is 2. The number of halogens is 3. The lowest BCUT2D eigenvalue weighted by Crippen LogP contribution is -2.58. The summed E-state index contributed by atoms with van der Waals surface area (Å²) < 4.78 is 34.0. The molecular weight excluding hydrogens is 550 g/mol. The highest BCUT2D eigenvalue weighted by atomic mass is 35.5. The molecule has 3 fully saturated rings. The molecule has 7 rings (SSSR count). The van der Waals surface area contributed by atoms with Gasteiger partial charge in [0, 0.05) is 54.8 Å². The van der Waals surface area contributed by atoms with Crippen LogP contribution in [0, 0.1) is 0 Å². The molecule has 2 bridgehead atoms. The van der Waals surface area contributed by atoms with E-state index in [0.29, 0.717) is 43.2 Å². The van der Waals surface area contributed by atoms with Gasteiger partial charge in [0.2, 0.25) is 0 Å². The zero-order valence-corrected chi connectivity index (χ0v) is 23.8. The summed E-state index contributed by atoms with van der Waals surface area (Å²) >= 11 is 6.66. The number of rotatable bonds is 6. The van der Waals surface area contributed by atoms with E-state index < -0.39 is 18.1 Å². The molecule has 2 aromatic carbocycles. The van der Waals surface area contributed by atoms with Crippen LogP contribution in [0.4, 0.5) is 20.3 Å². The first-order valence-electron chi connectivity index (χ1n) is 14.5. The van der Waals surface area contributed by atoms with E-state index in [1.165, 1.54) is 0 Å². The Balaban J connectivity index is 1.23. The fourth-order valence-electron chi connectivity index (χ4n) is 7.15. The van der Waals surface area contributed by atoms with Crippen molar-refractivity contribution < 1.29 is 18.6 Å². The van der Waals surface area contributed by atoms with E-state index in [4.69, 9.17) is 26.3 Å². The smallest absolute Gasteiger partial charge is 0.318 e. The number of likely N-dealkylation sites (tertiary alicyclic amines) is 1. The summed E-state index contributed by atoms with van der Waals surface area (Å²) in [6.07, 6.45) is 0.103. The Kier molecular flexibility index (Phi) is 6.92. The van der Waals surface area contributed by atoms with Crippen LogP contribution in [0.3, 0.4) is 0 Å². The average Bonchev–Trinajstić information content (AvgIpc) is 3.49. The van der Waals surface area contributed by atoms with Crippen LogP contribution in [0.5, 0.6) is 6.01 Å². The Morgan fingerprint density at radius 2 is 1.98 bits per heavy atom. The number of anilines is 2. The molecule has 3 saturated heterocycles. The normalized spacial score (nSPS) is 28.1. The minimum atomic E-state index is -2.81. The molecule has 4 aliphatic rings. The first kappa shape index (κ1) is 27.1. The second kappa shape index (κ2) is 10.5. The van der Waals surface area contributed by atoms with Crippen LogP contribution in [-0.2, 0) is 13.0 Å². The van der Waals surface area contributed by atoms with E-state index in [1.807, 2.05) is 23.1 Å². The standard InChI is InChI=1S/C30H35ClF2N6O2/c1-37-11-4-7-20(37)17-41-29-35-23-15-38(24-9-3-6-18-5-2-8-22(31)26(18)24)12-10-21(23)27(36-29)39-14-19-13-30(40,28(32)33)25(16-39)34-19/h2-3,5-6,8-9,19-20,25,28,34,40H,4,7,10-17H2,1H3/t19?,20-,25+,30?/m0/s1. The van der Waals surface area contributed by atoms with E-state index in [9.17, 15) is 13.9 Å². The highest BCUT2D eigenvalue weighted by Gasteiger charge is 2.55. The predicted octanol–water partition coefficient (Wildman–Crippen LogP) is 3.87. The van der Waals surface area contributed by atoms with Crippen molar-refractivity contribution in [3.63, 3.8) is 0 Å². The third kappa shape index (κ3) is 4.78. The maximum Gasteiger partial charge on any atom is 0.318 e. The predicted molar refractivity (Wildman–Crippen MR) is 155 cm³/mol. The average molecular weight is 585 g/mol. The van der Waals surface area contributed by atoms with Crippen LogP contribution in [0.1, 0.15) is 30.5 Å². The van der Waals surface area contributed by atoms with Gasteiger partial charge in [-0.05, 0) is 50.4 Å². The van der Waals surface area contributed by atoms with Crippen molar-refractivity contribution in [1.29, 1.82) is 0 Å². The molecule has 5 heterocycles. The van der Waals surface area contributed by atoms with Gasteiger partial charge in [-0.2, -0.15) is 9.97 Å². The SMILES string of the molecule is CN1CCC[C@H]1COc1nc2c(c(N3CC4CC(O)(C(F)F)[C@@H](C3)N4)n1)CCN(c1cccc3cccc(Cl)c13)C2. The molecule has 0 spiro atoms. The fraction of sp³-hybridized carbons (Fsp3) is 0.533. The van der Waals surface area contributed by atoms with Crippen molar-refractivity contribution in [2.24, 2.45) is 0 Å². The quantitative estimate of drug-likeness (QED) is 0.452.